The van der Waals surface area contributed by atoms with Crippen molar-refractivity contribution in [3.05, 3.63) is 29.6 Å². The average Bonchev–Trinajstić information content (AvgIpc) is 2.55. The monoisotopic (exact) mass is 291 g/mol. The summed E-state index contributed by atoms with van der Waals surface area (Å²) >= 11 is 0. The van der Waals surface area contributed by atoms with Gasteiger partial charge >= 0.3 is 5.97 Å². The predicted molar refractivity (Wildman–Crippen MR) is 82.2 cm³/mol. The van der Waals surface area contributed by atoms with Crippen molar-refractivity contribution >= 4 is 5.97 Å². The van der Waals surface area contributed by atoms with Gasteiger partial charge in [-0.25, -0.2) is 4.79 Å². The maximum absolute atomic E-state index is 11.3. The lowest BCUT2D eigenvalue weighted by Crippen LogP contribution is -2.43. The third-order valence-electron chi connectivity index (χ3n) is 4.01. The third kappa shape index (κ3) is 4.79. The number of rotatable bonds is 6. The molecule has 1 fully saturated rings. The molecule has 1 aliphatic rings. The average molecular weight is 291 g/mol. The van der Waals surface area contributed by atoms with Crippen molar-refractivity contribution in [1.29, 1.82) is 0 Å². The summed E-state index contributed by atoms with van der Waals surface area (Å²) in [6.07, 6.45) is 5.58. The molecule has 2 heterocycles. The van der Waals surface area contributed by atoms with Crippen molar-refractivity contribution in [2.45, 2.75) is 38.8 Å². The first kappa shape index (κ1) is 15.9. The van der Waals surface area contributed by atoms with E-state index in [1.54, 1.807) is 12.3 Å². The largest absolute Gasteiger partial charge is 0.465 e. The Labute approximate surface area is 126 Å². The molecule has 0 amide bonds. The van der Waals surface area contributed by atoms with Crippen LogP contribution in [0.2, 0.25) is 0 Å². The summed E-state index contributed by atoms with van der Waals surface area (Å²) in [6, 6.07) is 4.17. The van der Waals surface area contributed by atoms with Gasteiger partial charge < -0.3 is 10.1 Å². The highest BCUT2D eigenvalue weighted by Gasteiger charge is 2.16. The first-order chi connectivity index (χ1) is 10.2. The molecule has 1 aromatic rings. The van der Waals surface area contributed by atoms with Crippen molar-refractivity contribution in [2.75, 3.05) is 26.7 Å². The van der Waals surface area contributed by atoms with Gasteiger partial charge in [0.15, 0.2) is 0 Å². The van der Waals surface area contributed by atoms with Crippen LogP contribution in [0.25, 0.3) is 0 Å². The van der Waals surface area contributed by atoms with E-state index >= 15 is 0 Å². The minimum Gasteiger partial charge on any atom is -0.465 e. The molecule has 1 saturated heterocycles. The Morgan fingerprint density at radius 2 is 2.14 bits per heavy atom. The summed E-state index contributed by atoms with van der Waals surface area (Å²) in [5.41, 5.74) is 1.43. The van der Waals surface area contributed by atoms with E-state index in [4.69, 9.17) is 0 Å². The fraction of sp³-hybridized carbons (Fsp3) is 0.625. The number of likely N-dealkylation sites (tertiary alicyclic amines) is 1. The summed E-state index contributed by atoms with van der Waals surface area (Å²) in [4.78, 5) is 18.1. The molecule has 1 N–H and O–H groups in total. The number of hydrogen-bond donors (Lipinski definition) is 1. The minimum atomic E-state index is -0.347. The Bertz CT molecular complexity index is 441. The van der Waals surface area contributed by atoms with Crippen LogP contribution < -0.4 is 5.32 Å². The normalized spacial score (nSPS) is 17.4. The maximum Gasteiger partial charge on any atom is 0.339 e. The van der Waals surface area contributed by atoms with Gasteiger partial charge in [0.2, 0.25) is 0 Å². The number of piperidine rings is 1. The Balaban J connectivity index is 1.73. The van der Waals surface area contributed by atoms with Gasteiger partial charge in [0.1, 0.15) is 0 Å². The van der Waals surface area contributed by atoms with Crippen LogP contribution in [0.15, 0.2) is 18.3 Å². The summed E-state index contributed by atoms with van der Waals surface area (Å²) in [6.45, 7) is 6.38. The van der Waals surface area contributed by atoms with Gasteiger partial charge in [-0.3, -0.25) is 9.88 Å². The first-order valence-electron chi connectivity index (χ1n) is 7.68. The number of nitrogens with one attached hydrogen (secondary N) is 1. The zero-order valence-corrected chi connectivity index (χ0v) is 13.0. The van der Waals surface area contributed by atoms with Crippen LogP contribution in [0, 0.1) is 0 Å². The molecule has 0 saturated carbocycles. The molecule has 2 rings (SSSR count). The molecular weight excluding hydrogens is 266 g/mol. The molecule has 1 aliphatic heterocycles. The summed E-state index contributed by atoms with van der Waals surface area (Å²) < 4.78 is 4.66. The van der Waals surface area contributed by atoms with Gasteiger partial charge in [-0.1, -0.05) is 6.42 Å². The molecule has 1 unspecified atom stereocenters. The van der Waals surface area contributed by atoms with E-state index in [0.29, 0.717) is 11.6 Å². The molecule has 5 nitrogen and oxygen atoms in total. The highest BCUT2D eigenvalue weighted by Crippen LogP contribution is 2.11. The molecule has 0 aliphatic carbocycles. The maximum atomic E-state index is 11.3. The van der Waals surface area contributed by atoms with E-state index in [0.717, 1.165) is 18.8 Å². The Morgan fingerprint density at radius 3 is 2.76 bits per heavy atom. The van der Waals surface area contributed by atoms with Gasteiger partial charge in [0.05, 0.1) is 18.4 Å². The van der Waals surface area contributed by atoms with Gasteiger partial charge in [0, 0.05) is 25.3 Å². The molecule has 0 radical (unpaired) electrons. The smallest absolute Gasteiger partial charge is 0.339 e. The number of hydrogen-bond acceptors (Lipinski definition) is 5. The quantitative estimate of drug-likeness (QED) is 0.810. The van der Waals surface area contributed by atoms with E-state index < -0.39 is 0 Å². The molecule has 0 bridgehead atoms. The lowest BCUT2D eigenvalue weighted by Gasteiger charge is -2.32. The second kappa shape index (κ2) is 8.10. The number of aromatic nitrogens is 1. The van der Waals surface area contributed by atoms with Gasteiger partial charge in [-0.15, -0.1) is 0 Å². The van der Waals surface area contributed by atoms with Gasteiger partial charge in [-0.05, 0) is 45.0 Å². The van der Waals surface area contributed by atoms with Gasteiger partial charge in [0.25, 0.3) is 0 Å². The lowest BCUT2D eigenvalue weighted by molar-refractivity contribution is 0.0600. The summed E-state index contributed by atoms with van der Waals surface area (Å²) in [5.74, 6) is -0.347. The number of ether oxygens (including phenoxy) is 1. The van der Waals surface area contributed by atoms with Crippen LogP contribution in [0.1, 0.15) is 42.2 Å². The fourth-order valence-electron chi connectivity index (χ4n) is 2.67. The van der Waals surface area contributed by atoms with Crippen LogP contribution in [-0.4, -0.2) is 48.6 Å². The minimum absolute atomic E-state index is 0.347. The first-order valence-corrected chi connectivity index (χ1v) is 7.68. The molecule has 0 spiro atoms. The second-order valence-corrected chi connectivity index (χ2v) is 5.61. The lowest BCUT2D eigenvalue weighted by atomic mass is 10.1. The molecule has 1 atom stereocenters. The highest BCUT2D eigenvalue weighted by atomic mass is 16.5. The summed E-state index contributed by atoms with van der Waals surface area (Å²) in [5, 5.41) is 3.44. The Hall–Kier alpha value is -1.46. The van der Waals surface area contributed by atoms with Crippen LogP contribution in [-0.2, 0) is 11.3 Å². The summed E-state index contributed by atoms with van der Waals surface area (Å²) in [7, 11) is 1.37. The second-order valence-electron chi connectivity index (χ2n) is 5.61. The number of carbonyl (C=O) groups is 1. The molecule has 1 aromatic heterocycles. The molecule has 116 valence electrons. The number of esters is 1. The number of methoxy groups -OCH3 is 1. The SMILES string of the molecule is COC(=O)c1ccc(CNCC(C)N2CCCCC2)nc1. The number of nitrogens with zero attached hydrogens (tertiary/aromatic N) is 2. The predicted octanol–water partition coefficient (Wildman–Crippen LogP) is 1.83. The molecule has 5 heteroatoms. The Kier molecular flexibility index (Phi) is 6.14. The van der Waals surface area contributed by atoms with E-state index in [2.05, 4.69) is 26.9 Å². The van der Waals surface area contributed by atoms with E-state index in [1.165, 1.54) is 39.5 Å². The number of carbonyl (C=O) groups excluding carboxylic acids is 1. The van der Waals surface area contributed by atoms with Crippen molar-refractivity contribution < 1.29 is 9.53 Å². The van der Waals surface area contributed by atoms with E-state index in [1.807, 2.05) is 6.07 Å². The van der Waals surface area contributed by atoms with E-state index in [-0.39, 0.29) is 5.97 Å². The van der Waals surface area contributed by atoms with Crippen LogP contribution in [0.4, 0.5) is 0 Å². The number of pyridine rings is 1. The molecule has 21 heavy (non-hydrogen) atoms. The molecular formula is C16H25N3O2. The topological polar surface area (TPSA) is 54.5 Å². The fourth-order valence-corrected chi connectivity index (χ4v) is 2.67. The van der Waals surface area contributed by atoms with Gasteiger partial charge in [-0.2, -0.15) is 0 Å². The Morgan fingerprint density at radius 1 is 1.38 bits per heavy atom. The van der Waals surface area contributed by atoms with Crippen LogP contribution in [0.3, 0.4) is 0 Å². The standard InChI is InChI=1S/C16H25N3O2/c1-13(19-8-4-3-5-9-19)10-17-12-15-7-6-14(11-18-15)16(20)21-2/h6-7,11,13,17H,3-5,8-10,12H2,1-2H3. The van der Waals surface area contributed by atoms with Crippen LogP contribution in [0.5, 0.6) is 0 Å². The van der Waals surface area contributed by atoms with Crippen molar-refractivity contribution in [3.63, 3.8) is 0 Å². The highest BCUT2D eigenvalue weighted by molar-refractivity contribution is 5.88. The van der Waals surface area contributed by atoms with Crippen molar-refractivity contribution in [3.8, 4) is 0 Å². The zero-order valence-electron chi connectivity index (χ0n) is 13.0. The molecule has 0 aromatic carbocycles. The zero-order chi connectivity index (χ0) is 15.1. The van der Waals surface area contributed by atoms with Crippen molar-refractivity contribution in [1.82, 2.24) is 15.2 Å². The van der Waals surface area contributed by atoms with Crippen molar-refractivity contribution in [2.24, 2.45) is 0 Å². The van der Waals surface area contributed by atoms with Crippen LogP contribution >= 0.6 is 0 Å². The third-order valence-corrected chi connectivity index (χ3v) is 4.01. The van der Waals surface area contributed by atoms with E-state index in [9.17, 15) is 4.79 Å².